The van der Waals surface area contributed by atoms with Crippen LogP contribution in [0, 0.1) is 6.92 Å². The maximum absolute atomic E-state index is 11.8. The number of hydrogen-bond acceptors (Lipinski definition) is 4. The van der Waals surface area contributed by atoms with Crippen molar-refractivity contribution < 1.29 is 16.8 Å². The Morgan fingerprint density at radius 2 is 1.65 bits per heavy atom. The molecule has 0 fully saturated rings. The minimum atomic E-state index is -3.95. The fraction of sp³-hybridized carbons (Fsp3) is 0.333. The Balaban J connectivity index is 3.54. The first-order valence-electron chi connectivity index (χ1n) is 4.54. The van der Waals surface area contributed by atoms with Crippen molar-refractivity contribution in [1.82, 2.24) is 4.31 Å². The molecule has 0 saturated carbocycles. The van der Waals surface area contributed by atoms with Gasteiger partial charge in [-0.2, -0.15) is 0 Å². The zero-order chi connectivity index (χ0) is 13.4. The minimum Gasteiger partial charge on any atom is -0.207 e. The van der Waals surface area contributed by atoms with Gasteiger partial charge in [0.05, 0.1) is 9.79 Å². The van der Waals surface area contributed by atoms with Gasteiger partial charge in [-0.3, -0.25) is 0 Å². The van der Waals surface area contributed by atoms with E-state index in [1.165, 1.54) is 26.2 Å². The Kier molecular flexibility index (Phi) is 3.87. The second-order valence-corrected chi connectivity index (χ2v) is 8.34. The number of benzene rings is 1. The molecule has 0 aliphatic rings. The highest BCUT2D eigenvalue weighted by molar-refractivity contribution is 8.13. The first-order valence-corrected chi connectivity index (χ1v) is 8.29. The van der Waals surface area contributed by atoms with E-state index < -0.39 is 19.1 Å². The molecule has 0 amide bonds. The van der Waals surface area contributed by atoms with Crippen molar-refractivity contribution in [2.75, 3.05) is 14.1 Å². The molecule has 0 radical (unpaired) electrons. The summed E-state index contributed by atoms with van der Waals surface area (Å²) in [5.41, 5.74) is 0.401. The predicted molar refractivity (Wildman–Crippen MR) is 65.1 cm³/mol. The summed E-state index contributed by atoms with van der Waals surface area (Å²) in [6, 6.07) is 3.81. The molecule has 17 heavy (non-hydrogen) atoms. The Morgan fingerprint density at radius 3 is 2.06 bits per heavy atom. The molecule has 1 aromatic rings. The molecule has 0 saturated heterocycles. The van der Waals surface area contributed by atoms with Gasteiger partial charge in [0.15, 0.2) is 0 Å². The average molecular weight is 298 g/mol. The van der Waals surface area contributed by atoms with Gasteiger partial charge >= 0.3 is 0 Å². The zero-order valence-electron chi connectivity index (χ0n) is 9.51. The lowest BCUT2D eigenvalue weighted by atomic mass is 10.2. The van der Waals surface area contributed by atoms with Crippen molar-refractivity contribution in [3.8, 4) is 0 Å². The van der Waals surface area contributed by atoms with E-state index in [4.69, 9.17) is 10.7 Å². The minimum absolute atomic E-state index is 0.104. The van der Waals surface area contributed by atoms with Crippen LogP contribution in [0.1, 0.15) is 5.56 Å². The second kappa shape index (κ2) is 4.56. The summed E-state index contributed by atoms with van der Waals surface area (Å²) in [5.74, 6) is 0. The monoisotopic (exact) mass is 297 g/mol. The quantitative estimate of drug-likeness (QED) is 0.785. The number of aryl methyl sites for hydroxylation is 1. The van der Waals surface area contributed by atoms with Gasteiger partial charge in [-0.05, 0) is 24.6 Å². The first kappa shape index (κ1) is 14.4. The summed E-state index contributed by atoms with van der Waals surface area (Å²) in [5, 5.41) is 0. The van der Waals surface area contributed by atoms with Crippen molar-refractivity contribution >= 4 is 29.8 Å². The number of nitrogens with zero attached hydrogens (tertiary/aromatic N) is 1. The Bertz CT molecular complexity index is 635. The van der Waals surface area contributed by atoms with Crippen molar-refractivity contribution in [1.29, 1.82) is 0 Å². The van der Waals surface area contributed by atoms with Crippen LogP contribution in [0.3, 0.4) is 0 Å². The lowest BCUT2D eigenvalue weighted by Crippen LogP contribution is -2.22. The van der Waals surface area contributed by atoms with Gasteiger partial charge in [-0.15, -0.1) is 0 Å². The van der Waals surface area contributed by atoms with E-state index >= 15 is 0 Å². The van der Waals surface area contributed by atoms with Crippen LogP contribution in [-0.4, -0.2) is 35.2 Å². The summed E-state index contributed by atoms with van der Waals surface area (Å²) in [4.78, 5) is -0.297. The SMILES string of the molecule is Cc1ccc(S(=O)(=O)N(C)C)cc1S(=O)(=O)Cl. The van der Waals surface area contributed by atoms with Crippen LogP contribution in [0.2, 0.25) is 0 Å². The highest BCUT2D eigenvalue weighted by Crippen LogP contribution is 2.24. The molecule has 5 nitrogen and oxygen atoms in total. The largest absolute Gasteiger partial charge is 0.261 e. The fourth-order valence-electron chi connectivity index (χ4n) is 1.21. The molecule has 0 N–H and O–H groups in total. The van der Waals surface area contributed by atoms with Crippen LogP contribution >= 0.6 is 10.7 Å². The summed E-state index contributed by atoms with van der Waals surface area (Å²) < 4.78 is 47.1. The number of rotatable bonds is 3. The third-order valence-corrected chi connectivity index (χ3v) is 5.48. The lowest BCUT2D eigenvalue weighted by Gasteiger charge is -2.12. The molecular formula is C9H12ClNO4S2. The third kappa shape index (κ3) is 2.98. The van der Waals surface area contributed by atoms with E-state index in [2.05, 4.69) is 0 Å². The Morgan fingerprint density at radius 1 is 1.12 bits per heavy atom. The molecule has 0 bridgehead atoms. The van der Waals surface area contributed by atoms with E-state index in [1.807, 2.05) is 0 Å². The van der Waals surface area contributed by atoms with Gasteiger partial charge in [-0.1, -0.05) is 6.07 Å². The van der Waals surface area contributed by atoms with Crippen LogP contribution in [0.15, 0.2) is 28.0 Å². The first-order chi connectivity index (χ1) is 7.56. The molecule has 0 aliphatic carbocycles. The van der Waals surface area contributed by atoms with Gasteiger partial charge < -0.3 is 0 Å². The van der Waals surface area contributed by atoms with Crippen molar-refractivity contribution in [3.05, 3.63) is 23.8 Å². The molecule has 1 rings (SSSR count). The Labute approximate surface area is 105 Å². The maximum Gasteiger partial charge on any atom is 0.261 e. The summed E-state index contributed by atoms with van der Waals surface area (Å²) >= 11 is 0. The van der Waals surface area contributed by atoms with Gasteiger partial charge in [0.2, 0.25) is 10.0 Å². The van der Waals surface area contributed by atoms with E-state index in [-0.39, 0.29) is 9.79 Å². The molecule has 96 valence electrons. The topological polar surface area (TPSA) is 71.5 Å². The fourth-order valence-corrected chi connectivity index (χ4v) is 3.44. The molecule has 0 spiro atoms. The lowest BCUT2D eigenvalue weighted by molar-refractivity contribution is 0.520. The molecular weight excluding hydrogens is 286 g/mol. The van der Waals surface area contributed by atoms with Crippen LogP contribution in [0.5, 0.6) is 0 Å². The summed E-state index contributed by atoms with van der Waals surface area (Å²) in [6.07, 6.45) is 0. The molecule has 0 atom stereocenters. The number of sulfonamides is 1. The van der Waals surface area contributed by atoms with Crippen LogP contribution < -0.4 is 0 Å². The second-order valence-electron chi connectivity index (χ2n) is 3.65. The predicted octanol–water partition coefficient (Wildman–Crippen LogP) is 1.17. The highest BCUT2D eigenvalue weighted by Gasteiger charge is 2.21. The van der Waals surface area contributed by atoms with E-state index in [0.29, 0.717) is 5.56 Å². The van der Waals surface area contributed by atoms with Crippen LogP contribution in [0.4, 0.5) is 0 Å². The molecule has 0 aromatic heterocycles. The maximum atomic E-state index is 11.8. The smallest absolute Gasteiger partial charge is 0.207 e. The summed E-state index contributed by atoms with van der Waals surface area (Å²) in [7, 11) is 0.341. The van der Waals surface area contributed by atoms with Gasteiger partial charge in [0, 0.05) is 24.8 Å². The number of halogens is 1. The van der Waals surface area contributed by atoms with Crippen LogP contribution in [0.25, 0.3) is 0 Å². The van der Waals surface area contributed by atoms with Crippen molar-refractivity contribution in [2.45, 2.75) is 16.7 Å². The van der Waals surface area contributed by atoms with Gasteiger partial charge in [0.1, 0.15) is 0 Å². The molecule has 0 aliphatic heterocycles. The third-order valence-electron chi connectivity index (χ3n) is 2.20. The van der Waals surface area contributed by atoms with Gasteiger partial charge in [0.25, 0.3) is 9.05 Å². The van der Waals surface area contributed by atoms with E-state index in [9.17, 15) is 16.8 Å². The average Bonchev–Trinajstić information content (AvgIpc) is 2.15. The standard InChI is InChI=1S/C9H12ClNO4S2/c1-7-4-5-8(17(14,15)11(2)3)6-9(7)16(10,12)13/h4-6H,1-3H3. The normalized spacial score (nSPS) is 13.0. The highest BCUT2D eigenvalue weighted by atomic mass is 35.7. The van der Waals surface area contributed by atoms with Crippen LogP contribution in [-0.2, 0) is 19.1 Å². The molecule has 0 unspecified atom stereocenters. The summed E-state index contributed by atoms with van der Waals surface area (Å²) in [6.45, 7) is 1.54. The zero-order valence-corrected chi connectivity index (χ0v) is 11.9. The van der Waals surface area contributed by atoms with E-state index in [0.717, 1.165) is 10.4 Å². The molecule has 0 heterocycles. The van der Waals surface area contributed by atoms with Crippen molar-refractivity contribution in [2.24, 2.45) is 0 Å². The molecule has 8 heteroatoms. The molecule has 1 aromatic carbocycles. The number of hydrogen-bond donors (Lipinski definition) is 0. The van der Waals surface area contributed by atoms with Gasteiger partial charge in [-0.25, -0.2) is 21.1 Å². The Hall–Kier alpha value is -0.630. The van der Waals surface area contributed by atoms with Crippen molar-refractivity contribution in [3.63, 3.8) is 0 Å². The van der Waals surface area contributed by atoms with E-state index in [1.54, 1.807) is 6.92 Å².